The van der Waals surface area contributed by atoms with E-state index >= 15 is 0 Å². The van der Waals surface area contributed by atoms with Crippen LogP contribution < -0.4 is 0 Å². The van der Waals surface area contributed by atoms with Gasteiger partial charge in [0.2, 0.25) is 0 Å². The minimum absolute atomic E-state index is 0.100. The van der Waals surface area contributed by atoms with Crippen LogP contribution in [0.2, 0.25) is 0 Å². The van der Waals surface area contributed by atoms with Crippen LogP contribution in [-0.4, -0.2) is 49.4 Å². The van der Waals surface area contributed by atoms with Crippen LogP contribution in [0.25, 0.3) is 0 Å². The van der Waals surface area contributed by atoms with Crippen molar-refractivity contribution in [1.29, 1.82) is 0 Å². The lowest BCUT2D eigenvalue weighted by Crippen LogP contribution is -2.74. The van der Waals surface area contributed by atoms with Crippen LogP contribution >= 0.6 is 0 Å². The molecule has 6 unspecified atom stereocenters. The largest absolute Gasteiger partial charge is 0.269 e. The maximum atomic E-state index is 4.76. The highest BCUT2D eigenvalue weighted by Gasteiger charge is 2.61. The smallest absolute Gasteiger partial charge is 0.109 e. The molecule has 3 aromatic rings. The Balaban J connectivity index is 1.49. The molecular formula is C23H24N6. The zero-order valence-corrected chi connectivity index (χ0v) is 16.5. The van der Waals surface area contributed by atoms with Gasteiger partial charge in [0.25, 0.3) is 0 Å². The van der Waals surface area contributed by atoms with E-state index in [1.54, 1.807) is 0 Å². The normalized spacial score (nSPS) is 37.6. The molecule has 4 bridgehead atoms. The molecule has 4 saturated heterocycles. The fourth-order valence-corrected chi connectivity index (χ4v) is 5.75. The molecule has 0 N–H and O–H groups in total. The van der Waals surface area contributed by atoms with Gasteiger partial charge in [-0.15, -0.1) is 0 Å². The zero-order chi connectivity index (χ0) is 19.4. The van der Waals surface area contributed by atoms with E-state index in [1.807, 2.05) is 36.8 Å². The van der Waals surface area contributed by atoms with Gasteiger partial charge in [-0.05, 0) is 36.4 Å². The summed E-state index contributed by atoms with van der Waals surface area (Å²) in [7, 11) is 0. The summed E-state index contributed by atoms with van der Waals surface area (Å²) in [4.78, 5) is 22.0. The first-order valence-corrected chi connectivity index (χ1v) is 10.2. The van der Waals surface area contributed by atoms with Crippen LogP contribution in [0.3, 0.4) is 0 Å². The van der Waals surface area contributed by atoms with E-state index in [4.69, 9.17) is 15.0 Å². The number of pyridine rings is 3. The molecule has 3 aromatic heterocycles. The SMILES string of the molecule is C[C@@]12CN3CN(C(c4ccccn4)N(C1)C3c1ccccn1)C2c1ccccn1. The molecule has 4 aliphatic heterocycles. The Labute approximate surface area is 170 Å². The standard InChI is InChI=1S/C23H24N6/c1-23-14-27-16-29(20(23)17-8-2-5-11-24-17)22(19-10-4-7-13-26-19)28(15-23)21(27)18-9-3-6-12-25-18/h2-13,20-22H,14-16H2,1H3/t20?,21?,22?,23-/m1/s1. The molecule has 7 rings (SSSR count). The second-order valence-electron chi connectivity index (χ2n) is 8.64. The minimum Gasteiger partial charge on any atom is -0.269 e. The molecule has 4 fully saturated rings. The third-order valence-corrected chi connectivity index (χ3v) is 6.61. The topological polar surface area (TPSA) is 48.4 Å². The summed E-state index contributed by atoms with van der Waals surface area (Å²) in [6, 6.07) is 19.0. The first kappa shape index (κ1) is 17.2. The highest BCUT2D eigenvalue weighted by atomic mass is 15.6. The summed E-state index contributed by atoms with van der Waals surface area (Å²) in [5.74, 6) is 0. The number of hydrogen-bond acceptors (Lipinski definition) is 6. The summed E-state index contributed by atoms with van der Waals surface area (Å²) in [6.45, 7) is 5.32. The van der Waals surface area contributed by atoms with Crippen molar-refractivity contribution >= 4 is 0 Å². The third-order valence-electron chi connectivity index (χ3n) is 6.61. The van der Waals surface area contributed by atoms with Crippen molar-refractivity contribution < 1.29 is 0 Å². The van der Waals surface area contributed by atoms with Crippen molar-refractivity contribution in [3.8, 4) is 0 Å². The lowest BCUT2D eigenvalue weighted by molar-refractivity contribution is -0.277. The Morgan fingerprint density at radius 2 is 1.31 bits per heavy atom. The predicted molar refractivity (Wildman–Crippen MR) is 109 cm³/mol. The van der Waals surface area contributed by atoms with Gasteiger partial charge in [-0.1, -0.05) is 25.1 Å². The fourth-order valence-electron chi connectivity index (χ4n) is 5.75. The van der Waals surface area contributed by atoms with Crippen LogP contribution in [0.5, 0.6) is 0 Å². The molecule has 0 aliphatic carbocycles. The van der Waals surface area contributed by atoms with Crippen LogP contribution in [0.15, 0.2) is 73.2 Å². The molecule has 0 amide bonds. The van der Waals surface area contributed by atoms with Gasteiger partial charge in [0.1, 0.15) is 12.3 Å². The van der Waals surface area contributed by atoms with E-state index in [1.165, 1.54) is 0 Å². The maximum absolute atomic E-state index is 4.76. The lowest BCUT2D eigenvalue weighted by Gasteiger charge is -2.69. The number of rotatable bonds is 3. The van der Waals surface area contributed by atoms with Crippen molar-refractivity contribution in [3.63, 3.8) is 0 Å². The van der Waals surface area contributed by atoms with Gasteiger partial charge >= 0.3 is 0 Å². The molecule has 6 heteroatoms. The molecule has 29 heavy (non-hydrogen) atoms. The highest BCUT2D eigenvalue weighted by molar-refractivity contribution is 5.25. The van der Waals surface area contributed by atoms with Crippen molar-refractivity contribution in [2.24, 2.45) is 5.41 Å². The van der Waals surface area contributed by atoms with E-state index in [-0.39, 0.29) is 23.8 Å². The molecule has 0 saturated carbocycles. The first-order chi connectivity index (χ1) is 14.2. The van der Waals surface area contributed by atoms with Crippen molar-refractivity contribution in [1.82, 2.24) is 29.7 Å². The van der Waals surface area contributed by atoms with Crippen molar-refractivity contribution in [2.45, 2.75) is 25.3 Å². The van der Waals surface area contributed by atoms with Crippen LogP contribution in [-0.2, 0) is 0 Å². The number of hydrogen-bond donors (Lipinski definition) is 0. The Morgan fingerprint density at radius 3 is 1.90 bits per heavy atom. The highest BCUT2D eigenvalue weighted by Crippen LogP contribution is 2.58. The van der Waals surface area contributed by atoms with Gasteiger partial charge in [0.05, 0.1) is 29.8 Å². The molecular weight excluding hydrogens is 360 g/mol. The molecule has 0 radical (unpaired) electrons. The van der Waals surface area contributed by atoms with Crippen molar-refractivity contribution in [3.05, 3.63) is 90.3 Å². The van der Waals surface area contributed by atoms with E-state index < -0.39 is 0 Å². The Kier molecular flexibility index (Phi) is 3.81. The minimum atomic E-state index is 0.100. The summed E-state index contributed by atoms with van der Waals surface area (Å²) < 4.78 is 0. The second-order valence-corrected chi connectivity index (χ2v) is 8.64. The van der Waals surface area contributed by atoms with Crippen LogP contribution in [0, 0.1) is 5.41 Å². The van der Waals surface area contributed by atoms with Gasteiger partial charge in [0.15, 0.2) is 0 Å². The number of nitrogens with zero attached hydrogens (tertiary/aromatic N) is 6. The summed E-state index contributed by atoms with van der Waals surface area (Å²) >= 11 is 0. The summed E-state index contributed by atoms with van der Waals surface area (Å²) in [5, 5.41) is 0. The van der Waals surface area contributed by atoms with E-state index in [0.717, 1.165) is 36.8 Å². The Bertz CT molecular complexity index is 996. The van der Waals surface area contributed by atoms with E-state index in [9.17, 15) is 0 Å². The Hall–Kier alpha value is -2.67. The van der Waals surface area contributed by atoms with Crippen molar-refractivity contribution in [2.75, 3.05) is 19.8 Å². The molecule has 0 spiro atoms. The summed E-state index contributed by atoms with van der Waals surface area (Å²) in [6.07, 6.45) is 6.00. The lowest BCUT2D eigenvalue weighted by atomic mass is 9.71. The zero-order valence-electron chi connectivity index (χ0n) is 16.5. The fraction of sp³-hybridized carbons (Fsp3) is 0.348. The maximum Gasteiger partial charge on any atom is 0.109 e. The van der Waals surface area contributed by atoms with Crippen LogP contribution in [0.4, 0.5) is 0 Å². The molecule has 4 aliphatic rings. The van der Waals surface area contributed by atoms with Gasteiger partial charge in [-0.3, -0.25) is 29.7 Å². The van der Waals surface area contributed by atoms with Gasteiger partial charge in [0, 0.05) is 37.1 Å². The molecule has 6 nitrogen and oxygen atoms in total. The predicted octanol–water partition coefficient (Wildman–Crippen LogP) is 3.22. The average Bonchev–Trinajstić information content (AvgIpc) is 2.75. The Morgan fingerprint density at radius 1 is 0.724 bits per heavy atom. The first-order valence-electron chi connectivity index (χ1n) is 10.2. The average molecular weight is 384 g/mol. The van der Waals surface area contributed by atoms with Crippen LogP contribution in [0.1, 0.15) is 42.4 Å². The van der Waals surface area contributed by atoms with Gasteiger partial charge < -0.3 is 0 Å². The van der Waals surface area contributed by atoms with E-state index in [0.29, 0.717) is 0 Å². The third kappa shape index (κ3) is 2.56. The molecule has 7 heterocycles. The van der Waals surface area contributed by atoms with Gasteiger partial charge in [-0.25, -0.2) is 0 Å². The number of aromatic nitrogens is 3. The molecule has 7 atom stereocenters. The molecule has 0 aromatic carbocycles. The van der Waals surface area contributed by atoms with Gasteiger partial charge in [-0.2, -0.15) is 0 Å². The summed E-state index contributed by atoms with van der Waals surface area (Å²) in [5.41, 5.74) is 3.47. The quantitative estimate of drug-likeness (QED) is 0.691. The monoisotopic (exact) mass is 384 g/mol. The second kappa shape index (κ2) is 6.42. The molecule has 146 valence electrons. The van der Waals surface area contributed by atoms with E-state index in [2.05, 4.69) is 58.0 Å².